The molecule has 0 spiro atoms. The lowest BCUT2D eigenvalue weighted by atomic mass is 10.1. The predicted molar refractivity (Wildman–Crippen MR) is 132 cm³/mol. The van der Waals surface area contributed by atoms with Crippen molar-refractivity contribution in [1.29, 1.82) is 0 Å². The van der Waals surface area contributed by atoms with Crippen LogP contribution in [0.4, 0.5) is 10.1 Å². The number of anilines is 1. The number of hydrogen-bond acceptors (Lipinski definition) is 5. The van der Waals surface area contributed by atoms with E-state index in [0.717, 1.165) is 0 Å². The minimum atomic E-state index is -0.458. The van der Waals surface area contributed by atoms with E-state index >= 15 is 0 Å². The maximum Gasteiger partial charge on any atom is 0.279 e. The van der Waals surface area contributed by atoms with Crippen molar-refractivity contribution in [3.63, 3.8) is 0 Å². The van der Waals surface area contributed by atoms with E-state index in [0.29, 0.717) is 53.9 Å². The summed E-state index contributed by atoms with van der Waals surface area (Å²) in [6.07, 6.45) is 0. The highest BCUT2D eigenvalue weighted by Crippen LogP contribution is 2.24. The summed E-state index contributed by atoms with van der Waals surface area (Å²) in [5.74, 6) is -0.930. The van der Waals surface area contributed by atoms with E-state index in [9.17, 15) is 18.8 Å². The van der Waals surface area contributed by atoms with Crippen LogP contribution >= 0.6 is 0 Å². The lowest BCUT2D eigenvalue weighted by molar-refractivity contribution is 0.0740. The normalized spacial score (nSPS) is 13.8. The Bertz CT molecular complexity index is 1490. The number of benzene rings is 3. The van der Waals surface area contributed by atoms with Gasteiger partial charge in [0.1, 0.15) is 5.82 Å². The molecule has 4 aromatic rings. The number of ketones is 1. The molecule has 1 aromatic heterocycles. The molecule has 0 N–H and O–H groups in total. The highest BCUT2D eigenvalue weighted by Gasteiger charge is 2.27. The number of Topliss-reactive ketones (excluding diaryl/α,β-unsaturated/α-hetero) is 1. The third-order valence-corrected chi connectivity index (χ3v) is 6.27. The van der Waals surface area contributed by atoms with E-state index in [1.54, 1.807) is 65.6 Å². The molecule has 1 aliphatic heterocycles. The summed E-state index contributed by atoms with van der Waals surface area (Å²) in [5, 5.41) is 5.39. The molecular formula is C27H23FN4O3. The zero-order chi connectivity index (χ0) is 24.5. The lowest BCUT2D eigenvalue weighted by Gasteiger charge is -2.36. The van der Waals surface area contributed by atoms with Crippen LogP contribution in [-0.2, 0) is 0 Å². The van der Waals surface area contributed by atoms with Gasteiger partial charge in [-0.2, -0.15) is 9.78 Å². The summed E-state index contributed by atoms with van der Waals surface area (Å²) >= 11 is 0. The molecule has 0 radical (unpaired) electrons. The Morgan fingerprint density at radius 3 is 2.17 bits per heavy atom. The largest absolute Gasteiger partial charge is 0.366 e. The average molecular weight is 471 g/mol. The van der Waals surface area contributed by atoms with E-state index in [1.165, 1.54) is 17.7 Å². The summed E-state index contributed by atoms with van der Waals surface area (Å²) in [7, 11) is 0. The Kier molecular flexibility index (Phi) is 5.86. The second-order valence-corrected chi connectivity index (χ2v) is 8.45. The summed E-state index contributed by atoms with van der Waals surface area (Å²) in [6.45, 7) is 2.99. The van der Waals surface area contributed by atoms with Crippen LogP contribution in [0.25, 0.3) is 16.5 Å². The molecule has 1 amide bonds. The number of para-hydroxylation sites is 1. The molecular weight excluding hydrogens is 447 g/mol. The van der Waals surface area contributed by atoms with Crippen molar-refractivity contribution in [2.45, 2.75) is 6.92 Å². The minimum Gasteiger partial charge on any atom is -0.366 e. The lowest BCUT2D eigenvalue weighted by Crippen LogP contribution is -2.49. The van der Waals surface area contributed by atoms with Gasteiger partial charge in [-0.1, -0.05) is 36.4 Å². The molecule has 0 saturated carbocycles. The predicted octanol–water partition coefficient (Wildman–Crippen LogP) is 3.69. The van der Waals surface area contributed by atoms with Gasteiger partial charge >= 0.3 is 0 Å². The molecule has 176 valence electrons. The Labute approximate surface area is 201 Å². The number of aromatic nitrogens is 2. The van der Waals surface area contributed by atoms with E-state index in [2.05, 4.69) is 5.10 Å². The van der Waals surface area contributed by atoms with Crippen molar-refractivity contribution in [3.8, 4) is 5.69 Å². The maximum atomic E-state index is 14.6. The summed E-state index contributed by atoms with van der Waals surface area (Å²) in [4.78, 5) is 41.7. The van der Waals surface area contributed by atoms with Gasteiger partial charge in [0, 0.05) is 37.1 Å². The fourth-order valence-corrected chi connectivity index (χ4v) is 4.37. The van der Waals surface area contributed by atoms with Gasteiger partial charge in [0.05, 0.1) is 16.8 Å². The summed E-state index contributed by atoms with van der Waals surface area (Å²) in [5.41, 5.74) is 1.22. The number of rotatable bonds is 4. The molecule has 3 aromatic carbocycles. The first-order valence-electron chi connectivity index (χ1n) is 11.4. The molecule has 8 heteroatoms. The van der Waals surface area contributed by atoms with E-state index in [1.807, 2.05) is 11.0 Å². The molecule has 35 heavy (non-hydrogen) atoms. The van der Waals surface area contributed by atoms with Gasteiger partial charge in [0.2, 0.25) is 0 Å². The van der Waals surface area contributed by atoms with Crippen LogP contribution < -0.4 is 10.5 Å². The van der Waals surface area contributed by atoms with Crippen LogP contribution in [0, 0.1) is 5.82 Å². The summed E-state index contributed by atoms with van der Waals surface area (Å²) < 4.78 is 15.9. The maximum absolute atomic E-state index is 14.6. The Morgan fingerprint density at radius 2 is 1.51 bits per heavy atom. The van der Waals surface area contributed by atoms with Gasteiger partial charge in [-0.05, 0) is 43.3 Å². The zero-order valence-corrected chi connectivity index (χ0v) is 19.1. The Balaban J connectivity index is 1.43. The van der Waals surface area contributed by atoms with Crippen LogP contribution in [0.2, 0.25) is 0 Å². The first-order valence-corrected chi connectivity index (χ1v) is 11.4. The molecule has 1 saturated heterocycles. The molecule has 5 rings (SSSR count). The quantitative estimate of drug-likeness (QED) is 0.425. The van der Waals surface area contributed by atoms with Crippen molar-refractivity contribution in [2.75, 3.05) is 31.1 Å². The third-order valence-electron chi connectivity index (χ3n) is 6.27. The number of nitrogens with zero attached hydrogens (tertiary/aromatic N) is 4. The number of piperazine rings is 1. The van der Waals surface area contributed by atoms with Crippen molar-refractivity contribution in [1.82, 2.24) is 14.7 Å². The number of carbonyl (C=O) groups excluding carboxylic acids is 2. The highest BCUT2D eigenvalue weighted by atomic mass is 19.1. The van der Waals surface area contributed by atoms with Gasteiger partial charge in [0.15, 0.2) is 11.5 Å². The first kappa shape index (κ1) is 22.5. The fourth-order valence-electron chi connectivity index (χ4n) is 4.37. The Hall–Kier alpha value is -4.33. The topological polar surface area (TPSA) is 75.5 Å². The van der Waals surface area contributed by atoms with Crippen LogP contribution in [0.1, 0.15) is 27.8 Å². The zero-order valence-electron chi connectivity index (χ0n) is 19.1. The summed E-state index contributed by atoms with van der Waals surface area (Å²) in [6, 6.07) is 20.4. The van der Waals surface area contributed by atoms with Crippen LogP contribution in [0.5, 0.6) is 0 Å². The second-order valence-electron chi connectivity index (χ2n) is 8.45. The van der Waals surface area contributed by atoms with Gasteiger partial charge in [-0.25, -0.2) is 4.39 Å². The molecule has 0 atom stereocenters. The number of amides is 1. The van der Waals surface area contributed by atoms with Crippen LogP contribution in [-0.4, -0.2) is 52.5 Å². The average Bonchev–Trinajstić information content (AvgIpc) is 2.89. The molecule has 1 fully saturated rings. The van der Waals surface area contributed by atoms with Gasteiger partial charge in [-0.3, -0.25) is 14.4 Å². The molecule has 2 heterocycles. The molecule has 0 bridgehead atoms. The number of carbonyl (C=O) groups is 2. The second kappa shape index (κ2) is 9.13. The van der Waals surface area contributed by atoms with E-state index in [4.69, 9.17) is 0 Å². The molecule has 7 nitrogen and oxygen atoms in total. The highest BCUT2D eigenvalue weighted by molar-refractivity contribution is 6.05. The van der Waals surface area contributed by atoms with E-state index < -0.39 is 5.82 Å². The van der Waals surface area contributed by atoms with Crippen molar-refractivity contribution in [2.24, 2.45) is 0 Å². The van der Waals surface area contributed by atoms with E-state index in [-0.39, 0.29) is 22.9 Å². The molecule has 0 unspecified atom stereocenters. The van der Waals surface area contributed by atoms with Crippen LogP contribution in [0.3, 0.4) is 0 Å². The molecule has 1 aliphatic rings. The minimum absolute atomic E-state index is 0.192. The fraction of sp³-hybridized carbons (Fsp3) is 0.185. The van der Waals surface area contributed by atoms with Gasteiger partial charge in [0.25, 0.3) is 11.5 Å². The first-order chi connectivity index (χ1) is 16.9. The SMILES string of the molecule is CC(=O)c1ccc(N2CCN(C(=O)c3nn(-c4ccccc4)c(=O)c4ccccc34)CC2)c(F)c1. The molecule has 0 aliphatic carbocycles. The van der Waals surface area contributed by atoms with Crippen LogP contribution in [0.15, 0.2) is 77.6 Å². The smallest absolute Gasteiger partial charge is 0.279 e. The standard InChI is InChI=1S/C27H23FN4O3/c1-18(33)19-11-12-24(23(28)17-19)30-13-15-31(16-14-30)27(35)25-21-9-5-6-10-22(21)26(34)32(29-25)20-7-3-2-4-8-20/h2-12,17H,13-16H2,1H3. The van der Waals surface area contributed by atoms with Crippen molar-refractivity contribution in [3.05, 3.63) is 100 Å². The third kappa shape index (κ3) is 4.19. The van der Waals surface area contributed by atoms with Crippen molar-refractivity contribution >= 4 is 28.2 Å². The van der Waals surface area contributed by atoms with Gasteiger partial charge < -0.3 is 9.80 Å². The number of halogens is 1. The number of fused-ring (bicyclic) bond motifs is 1. The van der Waals surface area contributed by atoms with Gasteiger partial charge in [-0.15, -0.1) is 0 Å². The van der Waals surface area contributed by atoms with Crippen molar-refractivity contribution < 1.29 is 14.0 Å². The number of hydrogen-bond donors (Lipinski definition) is 0. The monoisotopic (exact) mass is 470 g/mol. The Morgan fingerprint density at radius 1 is 0.857 bits per heavy atom.